The first-order valence-electron chi connectivity index (χ1n) is 6.45. The molecule has 0 aliphatic carbocycles. The normalized spacial score (nSPS) is 12.8. The van der Waals surface area contributed by atoms with Gasteiger partial charge in [-0.15, -0.1) is 0 Å². The predicted molar refractivity (Wildman–Crippen MR) is 74.4 cm³/mol. The molecule has 1 aromatic heterocycles. The van der Waals surface area contributed by atoms with Crippen LogP contribution in [0.1, 0.15) is 39.4 Å². The molecule has 0 fully saturated rings. The number of hydrogen-bond donors (Lipinski definition) is 1. The van der Waals surface area contributed by atoms with Crippen molar-refractivity contribution in [3.05, 3.63) is 24.0 Å². The van der Waals surface area contributed by atoms with E-state index in [9.17, 15) is 0 Å². The van der Waals surface area contributed by atoms with Crippen LogP contribution in [0.25, 0.3) is 0 Å². The summed E-state index contributed by atoms with van der Waals surface area (Å²) in [5.74, 6) is 0.667. The Labute approximate surface area is 105 Å². The van der Waals surface area contributed by atoms with E-state index in [0.717, 1.165) is 18.8 Å². The van der Waals surface area contributed by atoms with E-state index >= 15 is 0 Å². The van der Waals surface area contributed by atoms with E-state index in [-0.39, 0.29) is 0 Å². The van der Waals surface area contributed by atoms with Gasteiger partial charge in [-0.25, -0.2) is 0 Å². The van der Waals surface area contributed by atoms with Gasteiger partial charge in [0.2, 0.25) is 0 Å². The van der Waals surface area contributed by atoms with Crippen LogP contribution in [0.2, 0.25) is 0 Å². The Morgan fingerprint density at radius 3 is 2.47 bits per heavy atom. The van der Waals surface area contributed by atoms with E-state index < -0.39 is 0 Å². The number of nitrogens with one attached hydrogen (secondary N) is 1. The summed E-state index contributed by atoms with van der Waals surface area (Å²) < 4.78 is 0. The van der Waals surface area contributed by atoms with Crippen LogP contribution in [0.5, 0.6) is 0 Å². The Hall–Kier alpha value is -1.09. The van der Waals surface area contributed by atoms with Gasteiger partial charge in [0, 0.05) is 19.6 Å². The maximum atomic E-state index is 4.52. The van der Waals surface area contributed by atoms with Gasteiger partial charge in [0.25, 0.3) is 0 Å². The molecule has 0 aromatic carbocycles. The van der Waals surface area contributed by atoms with E-state index in [4.69, 9.17) is 0 Å². The van der Waals surface area contributed by atoms with Gasteiger partial charge in [-0.3, -0.25) is 4.98 Å². The molecule has 0 amide bonds. The molecule has 1 atom stereocenters. The van der Waals surface area contributed by atoms with Gasteiger partial charge >= 0.3 is 0 Å². The third kappa shape index (κ3) is 4.35. The number of pyridine rings is 1. The molecule has 3 heteroatoms. The Morgan fingerprint density at radius 2 is 2.00 bits per heavy atom. The highest BCUT2D eigenvalue weighted by atomic mass is 15.1. The second-order valence-electron chi connectivity index (χ2n) is 4.99. The molecule has 1 aromatic rings. The van der Waals surface area contributed by atoms with Gasteiger partial charge in [0.1, 0.15) is 0 Å². The molecule has 0 aliphatic rings. The van der Waals surface area contributed by atoms with Crippen molar-refractivity contribution in [3.63, 3.8) is 0 Å². The van der Waals surface area contributed by atoms with E-state index in [1.54, 1.807) is 0 Å². The molecule has 1 rings (SSSR count). The summed E-state index contributed by atoms with van der Waals surface area (Å²) in [5, 5.41) is 3.37. The molecule has 1 N–H and O–H groups in total. The fourth-order valence-electron chi connectivity index (χ4n) is 1.94. The number of anilines is 1. The second kappa shape index (κ2) is 6.60. The standard InChI is InChI=1S/C14H25N3/c1-6-15-12(4)14-8-7-13(9-16-14)17(5)10-11(2)3/h7-9,11-12,15H,6,10H2,1-5H3. The Morgan fingerprint density at radius 1 is 1.29 bits per heavy atom. The Bertz CT molecular complexity index is 319. The van der Waals surface area contributed by atoms with E-state index in [1.807, 2.05) is 6.20 Å². The van der Waals surface area contributed by atoms with Crippen molar-refractivity contribution in [2.75, 3.05) is 25.0 Å². The lowest BCUT2D eigenvalue weighted by atomic mass is 10.2. The molecule has 1 unspecified atom stereocenters. The number of nitrogens with zero attached hydrogens (tertiary/aromatic N) is 2. The minimum Gasteiger partial charge on any atom is -0.373 e. The Kier molecular flexibility index (Phi) is 5.42. The first-order valence-corrected chi connectivity index (χ1v) is 6.45. The van der Waals surface area contributed by atoms with Crippen molar-refractivity contribution in [2.24, 2.45) is 5.92 Å². The van der Waals surface area contributed by atoms with Crippen LogP contribution in [0.15, 0.2) is 18.3 Å². The molecule has 0 bridgehead atoms. The molecule has 1 heterocycles. The van der Waals surface area contributed by atoms with Gasteiger partial charge in [0.05, 0.1) is 17.6 Å². The van der Waals surface area contributed by atoms with E-state index in [2.05, 4.69) is 62.1 Å². The average Bonchev–Trinajstić information content (AvgIpc) is 2.28. The third-order valence-electron chi connectivity index (χ3n) is 2.80. The molecule has 0 aliphatic heterocycles. The zero-order valence-corrected chi connectivity index (χ0v) is 11.7. The average molecular weight is 235 g/mol. The molecular weight excluding hydrogens is 210 g/mol. The minimum absolute atomic E-state index is 0.324. The molecule has 0 saturated heterocycles. The lowest BCUT2D eigenvalue weighted by Gasteiger charge is -2.21. The van der Waals surface area contributed by atoms with Crippen LogP contribution in [0.4, 0.5) is 5.69 Å². The summed E-state index contributed by atoms with van der Waals surface area (Å²) in [6.45, 7) is 10.7. The highest BCUT2D eigenvalue weighted by Crippen LogP contribution is 2.16. The SMILES string of the molecule is CCNC(C)c1ccc(N(C)CC(C)C)cn1. The summed E-state index contributed by atoms with van der Waals surface area (Å²) >= 11 is 0. The molecule has 0 radical (unpaired) electrons. The third-order valence-corrected chi connectivity index (χ3v) is 2.80. The van der Waals surface area contributed by atoms with Crippen LogP contribution in [-0.4, -0.2) is 25.1 Å². The first kappa shape index (κ1) is 14.0. The summed E-state index contributed by atoms with van der Waals surface area (Å²) in [7, 11) is 2.12. The molecular formula is C14H25N3. The molecule has 17 heavy (non-hydrogen) atoms. The van der Waals surface area contributed by atoms with Gasteiger partial charge in [-0.2, -0.15) is 0 Å². The van der Waals surface area contributed by atoms with Gasteiger partial charge in [-0.05, 0) is 31.5 Å². The smallest absolute Gasteiger partial charge is 0.0572 e. The predicted octanol–water partition coefficient (Wildman–Crippen LogP) is 2.84. The van der Waals surface area contributed by atoms with Crippen molar-refractivity contribution in [3.8, 4) is 0 Å². The molecule has 0 saturated carbocycles. The minimum atomic E-state index is 0.324. The van der Waals surface area contributed by atoms with Gasteiger partial charge < -0.3 is 10.2 Å². The van der Waals surface area contributed by atoms with Crippen LogP contribution in [0, 0.1) is 5.92 Å². The van der Waals surface area contributed by atoms with Gasteiger partial charge in [-0.1, -0.05) is 20.8 Å². The molecule has 0 spiro atoms. The summed E-state index contributed by atoms with van der Waals surface area (Å²) in [5.41, 5.74) is 2.29. The van der Waals surface area contributed by atoms with Crippen molar-refractivity contribution in [1.82, 2.24) is 10.3 Å². The number of aromatic nitrogens is 1. The maximum Gasteiger partial charge on any atom is 0.0572 e. The quantitative estimate of drug-likeness (QED) is 0.822. The zero-order valence-electron chi connectivity index (χ0n) is 11.7. The fraction of sp³-hybridized carbons (Fsp3) is 0.643. The highest BCUT2D eigenvalue weighted by Gasteiger charge is 2.07. The fourth-order valence-corrected chi connectivity index (χ4v) is 1.94. The van der Waals surface area contributed by atoms with Crippen LogP contribution >= 0.6 is 0 Å². The topological polar surface area (TPSA) is 28.2 Å². The van der Waals surface area contributed by atoms with Crippen LogP contribution < -0.4 is 10.2 Å². The first-order chi connectivity index (χ1) is 8.04. The number of rotatable bonds is 6. The number of hydrogen-bond acceptors (Lipinski definition) is 3. The van der Waals surface area contributed by atoms with Crippen LogP contribution in [-0.2, 0) is 0 Å². The van der Waals surface area contributed by atoms with E-state index in [0.29, 0.717) is 12.0 Å². The monoisotopic (exact) mass is 235 g/mol. The van der Waals surface area contributed by atoms with E-state index in [1.165, 1.54) is 5.69 Å². The Balaban J connectivity index is 2.67. The summed E-state index contributed by atoms with van der Waals surface area (Å²) in [6, 6.07) is 4.59. The van der Waals surface area contributed by atoms with Crippen molar-refractivity contribution < 1.29 is 0 Å². The largest absolute Gasteiger partial charge is 0.373 e. The van der Waals surface area contributed by atoms with Crippen molar-refractivity contribution >= 4 is 5.69 Å². The summed E-state index contributed by atoms with van der Waals surface area (Å²) in [4.78, 5) is 6.77. The maximum absolute atomic E-state index is 4.52. The molecule has 3 nitrogen and oxygen atoms in total. The van der Waals surface area contributed by atoms with Crippen molar-refractivity contribution in [1.29, 1.82) is 0 Å². The highest BCUT2D eigenvalue weighted by molar-refractivity contribution is 5.43. The lowest BCUT2D eigenvalue weighted by molar-refractivity contribution is 0.583. The molecule has 96 valence electrons. The van der Waals surface area contributed by atoms with Crippen LogP contribution in [0.3, 0.4) is 0 Å². The second-order valence-corrected chi connectivity index (χ2v) is 4.99. The van der Waals surface area contributed by atoms with Crippen molar-refractivity contribution in [2.45, 2.75) is 33.7 Å². The van der Waals surface area contributed by atoms with Gasteiger partial charge in [0.15, 0.2) is 0 Å². The lowest BCUT2D eigenvalue weighted by Crippen LogP contribution is -2.23. The zero-order chi connectivity index (χ0) is 12.8. The summed E-state index contributed by atoms with van der Waals surface area (Å²) in [6.07, 6.45) is 1.96.